The predicted molar refractivity (Wildman–Crippen MR) is 67.2 cm³/mol. The maximum absolute atomic E-state index is 8.54. The molecule has 5 heteroatoms. The summed E-state index contributed by atoms with van der Waals surface area (Å²) in [7, 11) is 1.93. The van der Waals surface area contributed by atoms with Crippen LogP contribution in [0.4, 0.5) is 5.82 Å². The Balaban J connectivity index is 2.82. The lowest BCUT2D eigenvalue weighted by atomic mass is 10.3. The van der Waals surface area contributed by atoms with Gasteiger partial charge in [0.25, 0.3) is 0 Å². The first-order valence-corrected chi connectivity index (χ1v) is 6.08. The van der Waals surface area contributed by atoms with Crippen molar-refractivity contribution in [1.29, 1.82) is 5.26 Å². The minimum atomic E-state index is 0.501. The molecule has 16 heavy (non-hydrogen) atoms. The molecule has 0 aliphatic heterocycles. The van der Waals surface area contributed by atoms with Crippen LogP contribution in [0.25, 0.3) is 0 Å². The molecule has 0 unspecified atom stereocenters. The third-order valence-electron chi connectivity index (χ3n) is 2.15. The summed E-state index contributed by atoms with van der Waals surface area (Å²) in [5.74, 6) is 1.70. The average molecular weight is 283 g/mol. The van der Waals surface area contributed by atoms with E-state index in [2.05, 4.69) is 38.9 Å². The molecule has 0 N–H and O–H groups in total. The molecule has 0 aromatic carbocycles. The molecule has 0 bridgehead atoms. The van der Waals surface area contributed by atoms with Gasteiger partial charge in [0.05, 0.1) is 12.5 Å². The molecule has 0 aliphatic carbocycles. The molecule has 0 saturated heterocycles. The second-order valence-corrected chi connectivity index (χ2v) is 4.36. The van der Waals surface area contributed by atoms with Crippen LogP contribution in [0, 0.1) is 11.3 Å². The minimum Gasteiger partial charge on any atom is -0.359 e. The van der Waals surface area contributed by atoms with Crippen LogP contribution in [0.1, 0.15) is 25.6 Å². The molecule has 0 spiro atoms. The van der Waals surface area contributed by atoms with Crippen LogP contribution in [0.5, 0.6) is 0 Å². The Morgan fingerprint density at radius 2 is 2.25 bits per heavy atom. The quantitative estimate of drug-likeness (QED) is 0.779. The number of aryl methyl sites for hydroxylation is 1. The molecule has 0 aliphatic rings. The summed E-state index contributed by atoms with van der Waals surface area (Å²) >= 11 is 3.38. The van der Waals surface area contributed by atoms with E-state index in [1.807, 2.05) is 18.0 Å². The number of aromatic nitrogens is 2. The molecule has 86 valence electrons. The topological polar surface area (TPSA) is 52.8 Å². The monoisotopic (exact) mass is 282 g/mol. The predicted octanol–water partition coefficient (Wildman–Crippen LogP) is 2.54. The first kappa shape index (κ1) is 12.9. The number of hydrogen-bond acceptors (Lipinski definition) is 4. The van der Waals surface area contributed by atoms with Gasteiger partial charge in [0.15, 0.2) is 0 Å². The van der Waals surface area contributed by atoms with E-state index in [0.29, 0.717) is 13.0 Å². The average Bonchev–Trinajstić information content (AvgIpc) is 2.25. The van der Waals surface area contributed by atoms with Crippen LogP contribution in [-0.4, -0.2) is 23.6 Å². The van der Waals surface area contributed by atoms with Gasteiger partial charge in [0.1, 0.15) is 16.2 Å². The van der Waals surface area contributed by atoms with Gasteiger partial charge >= 0.3 is 0 Å². The van der Waals surface area contributed by atoms with Crippen LogP contribution in [-0.2, 0) is 6.42 Å². The Morgan fingerprint density at radius 3 is 2.88 bits per heavy atom. The Labute approximate surface area is 104 Å². The van der Waals surface area contributed by atoms with Gasteiger partial charge in [-0.3, -0.25) is 0 Å². The lowest BCUT2D eigenvalue weighted by Crippen LogP contribution is -2.20. The lowest BCUT2D eigenvalue weighted by molar-refractivity contribution is 0.806. The Morgan fingerprint density at radius 1 is 1.50 bits per heavy atom. The van der Waals surface area contributed by atoms with Gasteiger partial charge < -0.3 is 4.90 Å². The highest BCUT2D eigenvalue weighted by molar-refractivity contribution is 9.10. The highest BCUT2D eigenvalue weighted by Crippen LogP contribution is 2.16. The minimum absolute atomic E-state index is 0.501. The van der Waals surface area contributed by atoms with Crippen molar-refractivity contribution < 1.29 is 0 Å². The largest absolute Gasteiger partial charge is 0.359 e. The van der Waals surface area contributed by atoms with Gasteiger partial charge in [-0.2, -0.15) is 5.26 Å². The van der Waals surface area contributed by atoms with E-state index < -0.39 is 0 Å². The van der Waals surface area contributed by atoms with Crippen molar-refractivity contribution in [1.82, 2.24) is 9.97 Å². The third kappa shape index (κ3) is 3.78. The van der Waals surface area contributed by atoms with E-state index in [-0.39, 0.29) is 0 Å². The first-order chi connectivity index (χ1) is 7.67. The number of halogens is 1. The highest BCUT2D eigenvalue weighted by Gasteiger charge is 2.06. The summed E-state index contributed by atoms with van der Waals surface area (Å²) in [4.78, 5) is 10.7. The molecule has 1 rings (SSSR count). The lowest BCUT2D eigenvalue weighted by Gasteiger charge is -2.17. The van der Waals surface area contributed by atoms with E-state index in [1.165, 1.54) is 0 Å². The molecule has 0 fully saturated rings. The maximum Gasteiger partial charge on any atom is 0.133 e. The second kappa shape index (κ2) is 6.44. The summed E-state index contributed by atoms with van der Waals surface area (Å²) in [6, 6.07) is 4.00. The molecule has 0 saturated carbocycles. The maximum atomic E-state index is 8.54. The molecule has 1 aromatic rings. The number of hydrogen-bond donors (Lipinski definition) is 0. The van der Waals surface area contributed by atoms with Crippen molar-refractivity contribution >= 4 is 21.7 Å². The number of rotatable bonds is 5. The standard InChI is InChI=1S/C11H15BrN4/c1-3-5-10-14-9(12)8-11(15-10)16(2)7-4-6-13/h8H,3-5,7H2,1-2H3. The van der Waals surface area contributed by atoms with E-state index >= 15 is 0 Å². The molecule has 1 heterocycles. The van der Waals surface area contributed by atoms with E-state index in [4.69, 9.17) is 5.26 Å². The van der Waals surface area contributed by atoms with E-state index in [9.17, 15) is 0 Å². The van der Waals surface area contributed by atoms with Crippen LogP contribution in [0.2, 0.25) is 0 Å². The molecule has 4 nitrogen and oxygen atoms in total. The van der Waals surface area contributed by atoms with Gasteiger partial charge in [-0.25, -0.2) is 9.97 Å². The van der Waals surface area contributed by atoms with Gasteiger partial charge in [-0.05, 0) is 22.4 Å². The SMILES string of the molecule is CCCc1nc(Br)cc(N(C)CCC#N)n1. The van der Waals surface area contributed by atoms with Crippen molar-refractivity contribution in [2.24, 2.45) is 0 Å². The highest BCUT2D eigenvalue weighted by atomic mass is 79.9. The third-order valence-corrected chi connectivity index (χ3v) is 2.56. The smallest absolute Gasteiger partial charge is 0.133 e. The fourth-order valence-corrected chi connectivity index (χ4v) is 1.72. The van der Waals surface area contributed by atoms with Crippen molar-refractivity contribution in [3.8, 4) is 6.07 Å². The zero-order valence-electron chi connectivity index (χ0n) is 9.57. The molecular formula is C11H15BrN4. The fourth-order valence-electron chi connectivity index (χ4n) is 1.31. The molecule has 0 radical (unpaired) electrons. The molecule has 0 amide bonds. The van der Waals surface area contributed by atoms with Crippen molar-refractivity contribution in [2.45, 2.75) is 26.2 Å². The summed E-state index contributed by atoms with van der Waals surface area (Å²) in [5.41, 5.74) is 0. The van der Waals surface area contributed by atoms with E-state index in [0.717, 1.165) is 29.1 Å². The van der Waals surface area contributed by atoms with Crippen molar-refractivity contribution in [3.63, 3.8) is 0 Å². The van der Waals surface area contributed by atoms with Crippen LogP contribution >= 0.6 is 15.9 Å². The first-order valence-electron chi connectivity index (χ1n) is 5.29. The van der Waals surface area contributed by atoms with Gasteiger partial charge in [-0.15, -0.1) is 0 Å². The van der Waals surface area contributed by atoms with Crippen LogP contribution in [0.15, 0.2) is 10.7 Å². The van der Waals surface area contributed by atoms with Gasteiger partial charge in [0.2, 0.25) is 0 Å². The number of anilines is 1. The van der Waals surface area contributed by atoms with Crippen molar-refractivity contribution in [2.75, 3.05) is 18.5 Å². The fraction of sp³-hybridized carbons (Fsp3) is 0.545. The Bertz CT molecular complexity index is 386. The summed E-state index contributed by atoms with van der Waals surface area (Å²) in [5, 5.41) is 8.54. The zero-order valence-corrected chi connectivity index (χ0v) is 11.2. The summed E-state index contributed by atoms with van der Waals surface area (Å²) in [6.07, 6.45) is 2.40. The van der Waals surface area contributed by atoms with Crippen molar-refractivity contribution in [3.05, 3.63) is 16.5 Å². The second-order valence-electron chi connectivity index (χ2n) is 3.54. The van der Waals surface area contributed by atoms with Crippen LogP contribution in [0.3, 0.4) is 0 Å². The Hall–Kier alpha value is -1.15. The summed E-state index contributed by atoms with van der Waals surface area (Å²) in [6.45, 7) is 2.79. The molecule has 0 atom stereocenters. The molecular weight excluding hydrogens is 268 g/mol. The normalized spacial score (nSPS) is 9.88. The van der Waals surface area contributed by atoms with Crippen LogP contribution < -0.4 is 4.90 Å². The van der Waals surface area contributed by atoms with E-state index in [1.54, 1.807) is 0 Å². The summed E-state index contributed by atoms with van der Waals surface area (Å²) < 4.78 is 0.796. The Kier molecular flexibility index (Phi) is 5.20. The van der Waals surface area contributed by atoms with Gasteiger partial charge in [0, 0.05) is 26.1 Å². The number of nitrogens with zero attached hydrogens (tertiary/aromatic N) is 4. The number of nitriles is 1. The molecule has 1 aromatic heterocycles. The van der Waals surface area contributed by atoms with Gasteiger partial charge in [-0.1, -0.05) is 6.92 Å². The zero-order chi connectivity index (χ0) is 12.0.